The molecule has 0 amide bonds. The van der Waals surface area contributed by atoms with Gasteiger partial charge in [0.25, 0.3) is 0 Å². The Hall–Kier alpha value is -2.19. The van der Waals surface area contributed by atoms with Gasteiger partial charge in [0, 0.05) is 6.20 Å². The van der Waals surface area contributed by atoms with Gasteiger partial charge in [0.15, 0.2) is 0 Å². The fourth-order valence-electron chi connectivity index (χ4n) is 2.71. The van der Waals surface area contributed by atoms with Crippen molar-refractivity contribution in [2.75, 3.05) is 6.54 Å². The molecule has 0 aliphatic carbocycles. The van der Waals surface area contributed by atoms with Gasteiger partial charge in [0.2, 0.25) is 0 Å². The molecule has 2 aromatic carbocycles. The molecule has 21 heavy (non-hydrogen) atoms. The van der Waals surface area contributed by atoms with Gasteiger partial charge in [-0.25, -0.2) is 0 Å². The minimum atomic E-state index is 0.136. The summed E-state index contributed by atoms with van der Waals surface area (Å²) in [5.41, 5.74) is 2.36. The zero-order chi connectivity index (χ0) is 14.5. The number of rotatable bonds is 5. The Morgan fingerprint density at radius 2 is 1.76 bits per heavy atom. The fourth-order valence-corrected chi connectivity index (χ4v) is 2.71. The summed E-state index contributed by atoms with van der Waals surface area (Å²) in [4.78, 5) is 4.55. The monoisotopic (exact) mass is 276 g/mol. The van der Waals surface area contributed by atoms with E-state index in [4.69, 9.17) is 0 Å². The SMILES string of the molecule is CCCNC(c1ccccn1)c1cccc2ccccc12. The van der Waals surface area contributed by atoms with Crippen molar-refractivity contribution in [3.63, 3.8) is 0 Å². The molecule has 0 spiro atoms. The molecule has 0 radical (unpaired) electrons. The Labute approximate surface area is 125 Å². The Bertz CT molecular complexity index is 702. The van der Waals surface area contributed by atoms with Gasteiger partial charge < -0.3 is 5.32 Å². The number of pyridine rings is 1. The third-order valence-electron chi connectivity index (χ3n) is 3.72. The van der Waals surface area contributed by atoms with Crippen LogP contribution in [0.25, 0.3) is 10.8 Å². The molecule has 1 N–H and O–H groups in total. The maximum atomic E-state index is 4.55. The topological polar surface area (TPSA) is 24.9 Å². The third kappa shape index (κ3) is 2.96. The zero-order valence-electron chi connectivity index (χ0n) is 12.3. The van der Waals surface area contributed by atoms with E-state index in [1.54, 1.807) is 0 Å². The lowest BCUT2D eigenvalue weighted by atomic mass is 9.96. The summed E-state index contributed by atoms with van der Waals surface area (Å²) in [7, 11) is 0. The average molecular weight is 276 g/mol. The van der Waals surface area contributed by atoms with Crippen LogP contribution in [0.4, 0.5) is 0 Å². The summed E-state index contributed by atoms with van der Waals surface area (Å²) in [5, 5.41) is 6.20. The molecule has 3 rings (SSSR count). The molecule has 0 bridgehead atoms. The van der Waals surface area contributed by atoms with E-state index >= 15 is 0 Å². The minimum Gasteiger partial charge on any atom is -0.305 e. The summed E-state index contributed by atoms with van der Waals surface area (Å²) in [5.74, 6) is 0. The summed E-state index contributed by atoms with van der Waals surface area (Å²) in [6.07, 6.45) is 2.97. The van der Waals surface area contributed by atoms with E-state index in [-0.39, 0.29) is 6.04 Å². The molecule has 0 saturated carbocycles. The molecule has 1 atom stereocenters. The lowest BCUT2D eigenvalue weighted by Gasteiger charge is -2.20. The van der Waals surface area contributed by atoms with E-state index in [1.807, 2.05) is 18.3 Å². The van der Waals surface area contributed by atoms with Crippen LogP contribution in [-0.2, 0) is 0 Å². The van der Waals surface area contributed by atoms with Crippen molar-refractivity contribution in [1.29, 1.82) is 0 Å². The molecular weight excluding hydrogens is 256 g/mol. The molecule has 0 saturated heterocycles. The summed E-state index contributed by atoms with van der Waals surface area (Å²) < 4.78 is 0. The van der Waals surface area contributed by atoms with E-state index in [1.165, 1.54) is 16.3 Å². The van der Waals surface area contributed by atoms with Crippen molar-refractivity contribution >= 4 is 10.8 Å². The first-order valence-electron chi connectivity index (χ1n) is 7.52. The van der Waals surface area contributed by atoms with Gasteiger partial charge in [-0.3, -0.25) is 4.98 Å². The van der Waals surface area contributed by atoms with Gasteiger partial charge in [-0.2, -0.15) is 0 Å². The highest BCUT2D eigenvalue weighted by Crippen LogP contribution is 2.28. The molecule has 0 fully saturated rings. The van der Waals surface area contributed by atoms with Gasteiger partial charge in [0.1, 0.15) is 0 Å². The van der Waals surface area contributed by atoms with Crippen LogP contribution >= 0.6 is 0 Å². The van der Waals surface area contributed by atoms with Crippen LogP contribution in [0, 0.1) is 0 Å². The number of fused-ring (bicyclic) bond motifs is 1. The molecule has 0 aliphatic rings. The van der Waals surface area contributed by atoms with E-state index in [0.717, 1.165) is 18.7 Å². The second-order valence-corrected chi connectivity index (χ2v) is 5.21. The van der Waals surface area contributed by atoms with Crippen LogP contribution in [0.15, 0.2) is 66.9 Å². The quantitative estimate of drug-likeness (QED) is 0.750. The highest BCUT2D eigenvalue weighted by Gasteiger charge is 2.16. The molecule has 2 nitrogen and oxygen atoms in total. The van der Waals surface area contributed by atoms with Gasteiger partial charge in [-0.15, -0.1) is 0 Å². The van der Waals surface area contributed by atoms with Gasteiger partial charge in [0.05, 0.1) is 11.7 Å². The molecule has 106 valence electrons. The van der Waals surface area contributed by atoms with Crippen LogP contribution < -0.4 is 5.32 Å². The summed E-state index contributed by atoms with van der Waals surface area (Å²) in [6.45, 7) is 3.16. The molecule has 1 unspecified atom stereocenters. The number of nitrogens with one attached hydrogen (secondary N) is 1. The lowest BCUT2D eigenvalue weighted by molar-refractivity contribution is 0.589. The first-order valence-corrected chi connectivity index (χ1v) is 7.52. The second-order valence-electron chi connectivity index (χ2n) is 5.21. The standard InChI is InChI=1S/C19H20N2/c1-2-13-21-19(18-12-5-6-14-20-18)17-11-7-9-15-8-3-4-10-16(15)17/h3-12,14,19,21H,2,13H2,1H3. The Balaban J connectivity index is 2.10. The van der Waals surface area contributed by atoms with Crippen LogP contribution in [0.5, 0.6) is 0 Å². The number of nitrogens with zero attached hydrogens (tertiary/aromatic N) is 1. The van der Waals surface area contributed by atoms with Crippen molar-refractivity contribution in [3.8, 4) is 0 Å². The first-order chi connectivity index (χ1) is 10.4. The normalized spacial score (nSPS) is 12.4. The smallest absolute Gasteiger partial charge is 0.0757 e. The maximum absolute atomic E-state index is 4.55. The van der Waals surface area contributed by atoms with Crippen LogP contribution in [0.3, 0.4) is 0 Å². The van der Waals surface area contributed by atoms with Crippen LogP contribution in [0.1, 0.15) is 30.6 Å². The highest BCUT2D eigenvalue weighted by molar-refractivity contribution is 5.86. The van der Waals surface area contributed by atoms with E-state index in [2.05, 4.69) is 65.8 Å². The Morgan fingerprint density at radius 3 is 2.57 bits per heavy atom. The molecule has 3 aromatic rings. The average Bonchev–Trinajstić information content (AvgIpc) is 2.56. The van der Waals surface area contributed by atoms with Crippen LogP contribution in [-0.4, -0.2) is 11.5 Å². The predicted molar refractivity (Wildman–Crippen MR) is 88.3 cm³/mol. The minimum absolute atomic E-state index is 0.136. The third-order valence-corrected chi connectivity index (χ3v) is 3.72. The van der Waals surface area contributed by atoms with Gasteiger partial charge in [-0.1, -0.05) is 55.5 Å². The maximum Gasteiger partial charge on any atom is 0.0757 e. The van der Waals surface area contributed by atoms with Gasteiger partial charge >= 0.3 is 0 Å². The highest BCUT2D eigenvalue weighted by atomic mass is 14.9. The molecule has 1 aromatic heterocycles. The molecule has 2 heteroatoms. The van der Waals surface area contributed by atoms with Crippen molar-refractivity contribution in [2.24, 2.45) is 0 Å². The fraction of sp³-hybridized carbons (Fsp3) is 0.211. The second kappa shape index (κ2) is 6.51. The number of benzene rings is 2. The van der Waals surface area contributed by atoms with E-state index in [0.29, 0.717) is 0 Å². The van der Waals surface area contributed by atoms with Gasteiger partial charge in [-0.05, 0) is 41.4 Å². The Kier molecular flexibility index (Phi) is 4.27. The first kappa shape index (κ1) is 13.8. The number of hydrogen-bond donors (Lipinski definition) is 1. The van der Waals surface area contributed by atoms with Crippen LogP contribution in [0.2, 0.25) is 0 Å². The largest absolute Gasteiger partial charge is 0.305 e. The number of hydrogen-bond acceptors (Lipinski definition) is 2. The summed E-state index contributed by atoms with van der Waals surface area (Å²) >= 11 is 0. The van der Waals surface area contributed by atoms with E-state index in [9.17, 15) is 0 Å². The number of aromatic nitrogens is 1. The van der Waals surface area contributed by atoms with Crippen molar-refractivity contribution in [1.82, 2.24) is 10.3 Å². The zero-order valence-corrected chi connectivity index (χ0v) is 12.3. The summed E-state index contributed by atoms with van der Waals surface area (Å²) in [6, 6.07) is 21.3. The van der Waals surface area contributed by atoms with Crippen molar-refractivity contribution in [3.05, 3.63) is 78.1 Å². The van der Waals surface area contributed by atoms with E-state index < -0.39 is 0 Å². The lowest BCUT2D eigenvalue weighted by Crippen LogP contribution is -2.24. The molecular formula is C19H20N2. The van der Waals surface area contributed by atoms with Crippen molar-refractivity contribution in [2.45, 2.75) is 19.4 Å². The predicted octanol–water partition coefficient (Wildman–Crippen LogP) is 4.32. The van der Waals surface area contributed by atoms with Crippen molar-refractivity contribution < 1.29 is 0 Å². The Morgan fingerprint density at radius 1 is 0.952 bits per heavy atom. The molecule has 1 heterocycles. The molecule has 0 aliphatic heterocycles.